The van der Waals surface area contributed by atoms with Crippen molar-refractivity contribution in [1.29, 1.82) is 0 Å². The Kier molecular flexibility index (Phi) is 12.4. The molecule has 2 heterocycles. The highest BCUT2D eigenvalue weighted by molar-refractivity contribution is 5.72. The lowest BCUT2D eigenvalue weighted by Crippen LogP contribution is -2.47. The second kappa shape index (κ2) is 15.7. The number of hydrogen-bond donors (Lipinski definition) is 0. The Balaban J connectivity index is 1.49. The Hall–Kier alpha value is -3.21. The molecule has 0 spiro atoms. The van der Waals surface area contributed by atoms with Crippen LogP contribution < -0.4 is 14.4 Å². The summed E-state index contributed by atoms with van der Waals surface area (Å²) in [4.78, 5) is 42.5. The van der Waals surface area contributed by atoms with E-state index in [2.05, 4.69) is 9.80 Å². The van der Waals surface area contributed by atoms with Gasteiger partial charge in [0, 0.05) is 45.3 Å². The Labute approximate surface area is 244 Å². The van der Waals surface area contributed by atoms with E-state index in [1.165, 1.54) is 0 Å². The van der Waals surface area contributed by atoms with Crippen LogP contribution >= 0.6 is 0 Å². The number of anilines is 1. The van der Waals surface area contributed by atoms with Gasteiger partial charge in [0.05, 0.1) is 18.9 Å². The van der Waals surface area contributed by atoms with Crippen molar-refractivity contribution in [3.63, 3.8) is 0 Å². The van der Waals surface area contributed by atoms with Gasteiger partial charge in [0.1, 0.15) is 17.1 Å². The number of piperazine rings is 1. The standard InChI is InChI=1S/C30H47N3O8/c1-6-37-27(34)21-39-24-8-9-25(26(20-24)40-22-28(35)38-7-2)32-18-16-31(17-19-32)13-10-23-11-14-33(15-12-23)29(36)41-30(3,4)5/h8-9,20,23H,6-7,10-19,21-22H2,1-5H3. The Morgan fingerprint density at radius 1 is 0.854 bits per heavy atom. The number of amides is 1. The molecule has 11 heteroatoms. The van der Waals surface area contributed by atoms with Crippen molar-refractivity contribution < 1.29 is 38.1 Å². The number of esters is 2. The molecule has 230 valence electrons. The van der Waals surface area contributed by atoms with E-state index in [1.807, 2.05) is 31.7 Å². The van der Waals surface area contributed by atoms with Crippen molar-refractivity contribution in [2.45, 2.75) is 59.5 Å². The van der Waals surface area contributed by atoms with Gasteiger partial charge in [0.25, 0.3) is 0 Å². The molecule has 0 N–H and O–H groups in total. The molecule has 11 nitrogen and oxygen atoms in total. The summed E-state index contributed by atoms with van der Waals surface area (Å²) in [6.45, 7) is 15.3. The van der Waals surface area contributed by atoms with Crippen molar-refractivity contribution in [2.75, 3.05) is 77.1 Å². The van der Waals surface area contributed by atoms with Gasteiger partial charge in [-0.25, -0.2) is 14.4 Å². The number of carbonyl (C=O) groups is 3. The quantitative estimate of drug-likeness (QED) is 0.269. The van der Waals surface area contributed by atoms with Crippen molar-refractivity contribution in [3.8, 4) is 11.5 Å². The van der Waals surface area contributed by atoms with E-state index in [0.717, 1.165) is 70.8 Å². The zero-order valence-corrected chi connectivity index (χ0v) is 25.3. The van der Waals surface area contributed by atoms with Crippen LogP contribution in [0.15, 0.2) is 18.2 Å². The molecule has 0 aromatic heterocycles. The largest absolute Gasteiger partial charge is 0.482 e. The Bertz CT molecular complexity index is 996. The van der Waals surface area contributed by atoms with Gasteiger partial charge in [0.15, 0.2) is 13.2 Å². The summed E-state index contributed by atoms with van der Waals surface area (Å²) < 4.78 is 26.9. The van der Waals surface area contributed by atoms with E-state index in [1.54, 1.807) is 26.0 Å². The minimum Gasteiger partial charge on any atom is -0.482 e. The maximum absolute atomic E-state index is 12.3. The first-order valence-corrected chi connectivity index (χ1v) is 14.7. The van der Waals surface area contributed by atoms with Crippen LogP contribution in [0.4, 0.5) is 10.5 Å². The highest BCUT2D eigenvalue weighted by Gasteiger charge is 2.28. The van der Waals surface area contributed by atoms with Crippen LogP contribution in [0, 0.1) is 5.92 Å². The summed E-state index contributed by atoms with van der Waals surface area (Å²) in [6.07, 6.45) is 2.91. The van der Waals surface area contributed by atoms with E-state index in [0.29, 0.717) is 17.4 Å². The molecular formula is C30H47N3O8. The predicted molar refractivity (Wildman–Crippen MR) is 154 cm³/mol. The summed E-state index contributed by atoms with van der Waals surface area (Å²) in [6, 6.07) is 5.39. The van der Waals surface area contributed by atoms with Gasteiger partial charge in [-0.2, -0.15) is 0 Å². The van der Waals surface area contributed by atoms with Crippen molar-refractivity contribution in [1.82, 2.24) is 9.80 Å². The molecule has 1 aromatic rings. The number of nitrogens with zero attached hydrogens (tertiary/aromatic N) is 3. The number of ether oxygens (including phenoxy) is 5. The predicted octanol–water partition coefficient (Wildman–Crippen LogP) is 3.73. The van der Waals surface area contributed by atoms with Gasteiger partial charge in [-0.15, -0.1) is 0 Å². The number of hydrogen-bond acceptors (Lipinski definition) is 10. The number of piperidine rings is 1. The molecule has 0 radical (unpaired) electrons. The van der Waals surface area contributed by atoms with Crippen LogP contribution in [-0.4, -0.2) is 106 Å². The Morgan fingerprint density at radius 3 is 2.05 bits per heavy atom. The van der Waals surface area contributed by atoms with Gasteiger partial charge >= 0.3 is 18.0 Å². The van der Waals surface area contributed by atoms with Crippen molar-refractivity contribution in [2.24, 2.45) is 5.92 Å². The molecule has 2 fully saturated rings. The maximum atomic E-state index is 12.3. The third kappa shape index (κ3) is 10.9. The van der Waals surface area contributed by atoms with Crippen molar-refractivity contribution in [3.05, 3.63) is 18.2 Å². The van der Waals surface area contributed by atoms with Gasteiger partial charge in [-0.3, -0.25) is 4.90 Å². The first-order chi connectivity index (χ1) is 19.6. The number of likely N-dealkylation sites (tertiary alicyclic amines) is 1. The molecule has 41 heavy (non-hydrogen) atoms. The first-order valence-electron chi connectivity index (χ1n) is 14.7. The summed E-state index contributed by atoms with van der Waals surface area (Å²) >= 11 is 0. The third-order valence-corrected chi connectivity index (χ3v) is 7.08. The molecule has 2 saturated heterocycles. The van der Waals surface area contributed by atoms with Crippen LogP contribution in [0.1, 0.15) is 53.9 Å². The minimum atomic E-state index is -0.468. The molecule has 2 aliphatic rings. The third-order valence-electron chi connectivity index (χ3n) is 7.08. The molecule has 0 aliphatic carbocycles. The molecule has 0 saturated carbocycles. The lowest BCUT2D eigenvalue weighted by molar-refractivity contribution is -0.146. The van der Waals surface area contributed by atoms with Crippen LogP contribution in [0.3, 0.4) is 0 Å². The zero-order valence-electron chi connectivity index (χ0n) is 25.3. The lowest BCUT2D eigenvalue weighted by Gasteiger charge is -2.38. The fourth-order valence-electron chi connectivity index (χ4n) is 4.95. The topological polar surface area (TPSA) is 107 Å². The normalized spacial score (nSPS) is 16.7. The zero-order chi connectivity index (χ0) is 29.8. The van der Waals surface area contributed by atoms with Gasteiger partial charge < -0.3 is 33.5 Å². The van der Waals surface area contributed by atoms with Crippen LogP contribution in [0.5, 0.6) is 11.5 Å². The summed E-state index contributed by atoms with van der Waals surface area (Å²) in [5, 5.41) is 0. The summed E-state index contributed by atoms with van der Waals surface area (Å²) in [5.74, 6) is 0.673. The SMILES string of the molecule is CCOC(=O)COc1ccc(N2CCN(CCC3CCN(C(=O)OC(C)(C)C)CC3)CC2)c(OCC(=O)OCC)c1. The average molecular weight is 578 g/mol. The molecule has 0 bridgehead atoms. The molecule has 3 rings (SSSR count). The molecule has 1 amide bonds. The fourth-order valence-corrected chi connectivity index (χ4v) is 4.95. The molecule has 1 aromatic carbocycles. The van der Waals surface area contributed by atoms with E-state index in [-0.39, 0.29) is 32.5 Å². The van der Waals surface area contributed by atoms with E-state index in [9.17, 15) is 14.4 Å². The molecular weight excluding hydrogens is 530 g/mol. The highest BCUT2D eigenvalue weighted by Crippen LogP contribution is 2.33. The summed E-state index contributed by atoms with van der Waals surface area (Å²) in [7, 11) is 0. The second-order valence-corrected chi connectivity index (χ2v) is 11.3. The van der Waals surface area contributed by atoms with Crippen LogP contribution in [-0.2, 0) is 23.8 Å². The minimum absolute atomic E-state index is 0.205. The van der Waals surface area contributed by atoms with Crippen molar-refractivity contribution >= 4 is 23.7 Å². The number of carbonyl (C=O) groups excluding carboxylic acids is 3. The fraction of sp³-hybridized carbons (Fsp3) is 0.700. The number of rotatable bonds is 12. The average Bonchev–Trinajstić information content (AvgIpc) is 2.94. The summed E-state index contributed by atoms with van der Waals surface area (Å²) in [5.41, 5.74) is 0.399. The molecule has 0 atom stereocenters. The Morgan fingerprint density at radius 2 is 1.46 bits per heavy atom. The first kappa shape index (κ1) is 32.3. The van der Waals surface area contributed by atoms with Crippen LogP contribution in [0.2, 0.25) is 0 Å². The van der Waals surface area contributed by atoms with E-state index >= 15 is 0 Å². The van der Waals surface area contributed by atoms with Gasteiger partial charge in [-0.05, 0) is 78.5 Å². The smallest absolute Gasteiger partial charge is 0.410 e. The maximum Gasteiger partial charge on any atom is 0.410 e. The molecule has 2 aliphatic heterocycles. The van der Waals surface area contributed by atoms with E-state index < -0.39 is 17.5 Å². The second-order valence-electron chi connectivity index (χ2n) is 11.3. The van der Waals surface area contributed by atoms with Gasteiger partial charge in [0.2, 0.25) is 0 Å². The molecule has 0 unspecified atom stereocenters. The number of benzene rings is 1. The monoisotopic (exact) mass is 577 g/mol. The lowest BCUT2D eigenvalue weighted by atomic mass is 9.93. The van der Waals surface area contributed by atoms with E-state index in [4.69, 9.17) is 23.7 Å². The highest BCUT2D eigenvalue weighted by atomic mass is 16.6. The van der Waals surface area contributed by atoms with Gasteiger partial charge in [-0.1, -0.05) is 0 Å². The van der Waals surface area contributed by atoms with Crippen LogP contribution in [0.25, 0.3) is 0 Å².